The molecule has 4 nitrogen and oxygen atoms in total. The second-order valence-corrected chi connectivity index (χ2v) is 4.07. The van der Waals surface area contributed by atoms with E-state index in [0.717, 1.165) is 6.07 Å². The standard InChI is InChI=1S/C12H16F3N3O/c1-17-11(19)7-18(2)9-4-3-8(6-16)10(5-9)12(13,14)15/h3-5H,6-7,16H2,1-2H3,(H,17,19). The number of hydrogen-bond acceptors (Lipinski definition) is 3. The van der Waals surface area contributed by atoms with E-state index >= 15 is 0 Å². The first-order valence-electron chi connectivity index (χ1n) is 5.61. The number of nitrogens with one attached hydrogen (secondary N) is 1. The Morgan fingerprint density at radius 1 is 1.42 bits per heavy atom. The number of carbonyl (C=O) groups is 1. The van der Waals surface area contributed by atoms with E-state index in [0.29, 0.717) is 5.69 Å². The van der Waals surface area contributed by atoms with Crippen LogP contribution in [0.5, 0.6) is 0 Å². The van der Waals surface area contributed by atoms with Gasteiger partial charge in [-0.15, -0.1) is 0 Å². The number of nitrogens with two attached hydrogens (primary N) is 1. The van der Waals surface area contributed by atoms with Crippen LogP contribution in [0.25, 0.3) is 0 Å². The highest BCUT2D eigenvalue weighted by Gasteiger charge is 2.33. The van der Waals surface area contributed by atoms with Gasteiger partial charge in [-0.3, -0.25) is 4.79 Å². The van der Waals surface area contributed by atoms with Crippen LogP contribution in [0.4, 0.5) is 18.9 Å². The first kappa shape index (κ1) is 15.3. The number of nitrogens with zero attached hydrogens (tertiary/aromatic N) is 1. The average Bonchev–Trinajstić information content (AvgIpc) is 2.36. The van der Waals surface area contributed by atoms with E-state index in [1.165, 1.54) is 24.1 Å². The molecule has 1 aromatic rings. The van der Waals surface area contributed by atoms with Crippen LogP contribution in [0, 0.1) is 0 Å². The zero-order chi connectivity index (χ0) is 14.6. The van der Waals surface area contributed by atoms with Crippen molar-refractivity contribution in [2.75, 3.05) is 25.5 Å². The summed E-state index contributed by atoms with van der Waals surface area (Å²) in [6.45, 7) is -0.204. The summed E-state index contributed by atoms with van der Waals surface area (Å²) in [4.78, 5) is 12.6. The summed E-state index contributed by atoms with van der Waals surface area (Å²) in [5.41, 5.74) is 4.88. The van der Waals surface area contributed by atoms with Gasteiger partial charge in [0.1, 0.15) is 0 Å². The first-order chi connectivity index (χ1) is 8.79. The van der Waals surface area contributed by atoms with Crippen LogP contribution >= 0.6 is 0 Å². The number of amides is 1. The van der Waals surface area contributed by atoms with Crippen molar-refractivity contribution in [3.05, 3.63) is 29.3 Å². The Kier molecular flexibility index (Phi) is 4.77. The van der Waals surface area contributed by atoms with Gasteiger partial charge in [-0.05, 0) is 17.7 Å². The lowest BCUT2D eigenvalue weighted by Gasteiger charge is -2.21. The molecule has 0 aliphatic carbocycles. The SMILES string of the molecule is CNC(=O)CN(C)c1ccc(CN)c(C(F)(F)F)c1. The minimum Gasteiger partial charge on any atom is -0.365 e. The molecular weight excluding hydrogens is 259 g/mol. The molecule has 0 heterocycles. The number of benzene rings is 1. The second-order valence-electron chi connectivity index (χ2n) is 4.07. The van der Waals surface area contributed by atoms with Crippen LogP contribution in [-0.4, -0.2) is 26.5 Å². The molecule has 0 aliphatic rings. The summed E-state index contributed by atoms with van der Waals surface area (Å²) in [6.07, 6.45) is -4.46. The molecule has 0 unspecified atom stereocenters. The molecule has 0 atom stereocenters. The molecule has 1 amide bonds. The zero-order valence-electron chi connectivity index (χ0n) is 10.7. The average molecular weight is 275 g/mol. The number of hydrogen-bond donors (Lipinski definition) is 2. The van der Waals surface area contributed by atoms with Crippen molar-refractivity contribution in [2.45, 2.75) is 12.7 Å². The molecule has 0 aliphatic heterocycles. The minimum atomic E-state index is -4.46. The molecule has 1 aromatic carbocycles. The Labute approximate surface area is 109 Å². The highest BCUT2D eigenvalue weighted by molar-refractivity contribution is 5.80. The third-order valence-corrected chi connectivity index (χ3v) is 2.72. The molecule has 3 N–H and O–H groups in total. The summed E-state index contributed by atoms with van der Waals surface area (Å²) in [7, 11) is 3.02. The Balaban J connectivity index is 3.08. The van der Waals surface area contributed by atoms with Crippen LogP contribution in [0.1, 0.15) is 11.1 Å². The molecule has 0 saturated carbocycles. The van der Waals surface area contributed by atoms with Crippen LogP contribution in [0.15, 0.2) is 18.2 Å². The largest absolute Gasteiger partial charge is 0.416 e. The van der Waals surface area contributed by atoms with Crippen molar-refractivity contribution < 1.29 is 18.0 Å². The van der Waals surface area contributed by atoms with Gasteiger partial charge in [0, 0.05) is 26.3 Å². The van der Waals surface area contributed by atoms with Gasteiger partial charge in [0.05, 0.1) is 12.1 Å². The van der Waals surface area contributed by atoms with Gasteiger partial charge in [0.15, 0.2) is 0 Å². The summed E-state index contributed by atoms with van der Waals surface area (Å²) in [5.74, 6) is -0.279. The van der Waals surface area contributed by atoms with Gasteiger partial charge < -0.3 is 16.0 Å². The fourth-order valence-corrected chi connectivity index (χ4v) is 1.63. The van der Waals surface area contributed by atoms with Crippen molar-refractivity contribution in [1.82, 2.24) is 5.32 Å². The molecule has 0 radical (unpaired) electrons. The molecule has 0 saturated heterocycles. The molecule has 0 spiro atoms. The number of anilines is 1. The molecule has 106 valence electrons. The predicted octanol–water partition coefficient (Wildman–Crippen LogP) is 1.35. The van der Waals surface area contributed by atoms with E-state index in [2.05, 4.69) is 5.32 Å². The lowest BCUT2D eigenvalue weighted by atomic mass is 10.1. The van der Waals surface area contributed by atoms with Gasteiger partial charge in [0.2, 0.25) is 5.91 Å². The number of alkyl halides is 3. The van der Waals surface area contributed by atoms with Crippen molar-refractivity contribution in [1.29, 1.82) is 0 Å². The molecule has 0 aromatic heterocycles. The molecule has 19 heavy (non-hydrogen) atoms. The monoisotopic (exact) mass is 275 g/mol. The third kappa shape index (κ3) is 3.85. The topological polar surface area (TPSA) is 58.4 Å². The van der Waals surface area contributed by atoms with Gasteiger partial charge in [-0.2, -0.15) is 13.2 Å². The van der Waals surface area contributed by atoms with E-state index in [1.807, 2.05) is 0 Å². The molecule has 0 fully saturated rings. The highest BCUT2D eigenvalue weighted by atomic mass is 19.4. The second kappa shape index (κ2) is 5.92. The minimum absolute atomic E-state index is 0.0181. The molecular formula is C12H16F3N3O. The third-order valence-electron chi connectivity index (χ3n) is 2.72. The van der Waals surface area contributed by atoms with Crippen molar-refractivity contribution in [3.63, 3.8) is 0 Å². The summed E-state index contributed by atoms with van der Waals surface area (Å²) in [5, 5.41) is 2.41. The zero-order valence-corrected chi connectivity index (χ0v) is 10.7. The van der Waals surface area contributed by atoms with Gasteiger partial charge >= 0.3 is 6.18 Å². The lowest BCUT2D eigenvalue weighted by Crippen LogP contribution is -2.33. The summed E-state index contributed by atoms with van der Waals surface area (Å²) >= 11 is 0. The number of carbonyl (C=O) groups excluding carboxylic acids is 1. The fourth-order valence-electron chi connectivity index (χ4n) is 1.63. The maximum absolute atomic E-state index is 12.9. The van der Waals surface area contributed by atoms with Crippen molar-refractivity contribution in [3.8, 4) is 0 Å². The first-order valence-corrected chi connectivity index (χ1v) is 5.61. The number of rotatable bonds is 4. The van der Waals surface area contributed by atoms with Gasteiger partial charge in [0.25, 0.3) is 0 Å². The molecule has 1 rings (SSSR count). The van der Waals surface area contributed by atoms with Crippen LogP contribution in [0.2, 0.25) is 0 Å². The van der Waals surface area contributed by atoms with E-state index in [1.54, 1.807) is 7.05 Å². The summed E-state index contributed by atoms with van der Waals surface area (Å²) in [6, 6.07) is 3.85. The maximum atomic E-state index is 12.9. The summed E-state index contributed by atoms with van der Waals surface area (Å²) < 4.78 is 38.6. The Morgan fingerprint density at radius 3 is 2.53 bits per heavy atom. The van der Waals surface area contributed by atoms with Crippen LogP contribution < -0.4 is 16.0 Å². The Morgan fingerprint density at radius 2 is 2.05 bits per heavy atom. The maximum Gasteiger partial charge on any atom is 0.416 e. The van der Waals surface area contributed by atoms with Crippen LogP contribution in [0.3, 0.4) is 0 Å². The van der Waals surface area contributed by atoms with Gasteiger partial charge in [-0.25, -0.2) is 0 Å². The fraction of sp³-hybridized carbons (Fsp3) is 0.417. The van der Waals surface area contributed by atoms with E-state index in [-0.39, 0.29) is 24.6 Å². The number of likely N-dealkylation sites (N-methyl/N-ethyl adjacent to an activating group) is 2. The quantitative estimate of drug-likeness (QED) is 0.872. The number of halogens is 3. The van der Waals surface area contributed by atoms with E-state index in [9.17, 15) is 18.0 Å². The molecule has 0 bridgehead atoms. The van der Waals surface area contributed by atoms with Gasteiger partial charge in [-0.1, -0.05) is 6.07 Å². The normalized spacial score (nSPS) is 11.3. The lowest BCUT2D eigenvalue weighted by molar-refractivity contribution is -0.138. The molecule has 7 heteroatoms. The highest BCUT2D eigenvalue weighted by Crippen LogP contribution is 2.34. The van der Waals surface area contributed by atoms with E-state index in [4.69, 9.17) is 5.73 Å². The Hall–Kier alpha value is -1.76. The van der Waals surface area contributed by atoms with Crippen LogP contribution in [-0.2, 0) is 17.5 Å². The van der Waals surface area contributed by atoms with E-state index < -0.39 is 11.7 Å². The van der Waals surface area contributed by atoms with Crippen molar-refractivity contribution in [2.24, 2.45) is 5.73 Å². The Bertz CT molecular complexity index is 460. The predicted molar refractivity (Wildman–Crippen MR) is 66.7 cm³/mol. The smallest absolute Gasteiger partial charge is 0.365 e. The van der Waals surface area contributed by atoms with Crippen molar-refractivity contribution >= 4 is 11.6 Å².